The summed E-state index contributed by atoms with van der Waals surface area (Å²) in [6.07, 6.45) is 1.38. The van der Waals surface area contributed by atoms with E-state index in [4.69, 9.17) is 15.9 Å². The van der Waals surface area contributed by atoms with Gasteiger partial charge in [-0.1, -0.05) is 12.1 Å². The number of benzene rings is 1. The fourth-order valence-corrected chi connectivity index (χ4v) is 3.58. The first-order chi connectivity index (χ1) is 11.8. The molecule has 0 aromatic heterocycles. The second-order valence-corrected chi connectivity index (χ2v) is 7.91. The summed E-state index contributed by atoms with van der Waals surface area (Å²) < 4.78 is 0. The Kier molecular flexibility index (Phi) is 9.18. The summed E-state index contributed by atoms with van der Waals surface area (Å²) in [5, 5.41) is 22.6. The number of carboxylic acid groups (broad SMARTS) is 1. The fraction of sp³-hybridized carbons (Fsp3) is 0.471. The topological polar surface area (TPSA) is 116 Å². The first-order valence-electron chi connectivity index (χ1n) is 8.01. The molecule has 0 fully saturated rings. The Bertz CT molecular complexity index is 602. The Morgan fingerprint density at radius 3 is 2.48 bits per heavy atom. The molecule has 1 heterocycles. The van der Waals surface area contributed by atoms with Gasteiger partial charge in [-0.05, 0) is 62.3 Å². The van der Waals surface area contributed by atoms with E-state index in [0.717, 1.165) is 30.8 Å². The fourth-order valence-electron chi connectivity index (χ4n) is 2.08. The normalized spacial score (nSPS) is 17.3. The number of hydrogen-bond acceptors (Lipinski definition) is 5. The molecule has 7 nitrogen and oxygen atoms in total. The van der Waals surface area contributed by atoms with Crippen molar-refractivity contribution in [3.05, 3.63) is 29.8 Å². The molecule has 0 spiro atoms. The lowest BCUT2D eigenvalue weighted by atomic mass is 10.1. The SMILES string of the molecule is CN(C)CCCS1=CCNC1=O.N[C@@H](Cc1ccc(O)cc1)C(=O)O. The minimum absolute atomic E-state index is 0.0901. The average Bonchev–Trinajstić information content (AvgIpc) is 2.95. The Labute approximate surface area is 150 Å². The maximum Gasteiger partial charge on any atom is 0.320 e. The summed E-state index contributed by atoms with van der Waals surface area (Å²) in [7, 11) is 4.02. The maximum absolute atomic E-state index is 11.1. The third kappa shape index (κ3) is 8.67. The van der Waals surface area contributed by atoms with Crippen LogP contribution in [0.5, 0.6) is 5.75 Å². The summed E-state index contributed by atoms with van der Waals surface area (Å²) in [6, 6.07) is 5.42. The summed E-state index contributed by atoms with van der Waals surface area (Å²) >= 11 is 0. The van der Waals surface area contributed by atoms with Crippen LogP contribution in [-0.4, -0.2) is 70.7 Å². The third-order valence-corrected chi connectivity index (χ3v) is 5.37. The first kappa shape index (κ1) is 21.1. The number of nitrogens with two attached hydrogens (primary N) is 1. The van der Waals surface area contributed by atoms with Crippen LogP contribution in [0.4, 0.5) is 4.79 Å². The van der Waals surface area contributed by atoms with Crippen LogP contribution in [0.2, 0.25) is 0 Å². The van der Waals surface area contributed by atoms with Crippen LogP contribution in [0.1, 0.15) is 12.0 Å². The van der Waals surface area contributed by atoms with Crippen molar-refractivity contribution in [2.45, 2.75) is 18.9 Å². The van der Waals surface area contributed by atoms with E-state index in [9.17, 15) is 9.59 Å². The number of phenols is 1. The molecule has 1 amide bonds. The quantitative estimate of drug-likeness (QED) is 0.535. The standard InChI is InChI=1S/C9H11NO3.C8H16N2OS/c10-8(9(12)13)5-6-1-3-7(11)4-2-6;1-10(2)5-3-6-12-7-4-9-8(12)11/h1-4,8,11H,5,10H2,(H,12,13);7H,3-6H2,1-2H3,(H,9,11)/t8-;/m0./s1. The van der Waals surface area contributed by atoms with E-state index < -0.39 is 12.0 Å². The summed E-state index contributed by atoms with van der Waals surface area (Å²) in [5.41, 5.74) is 6.12. The van der Waals surface area contributed by atoms with Crippen molar-refractivity contribution >= 4 is 27.1 Å². The van der Waals surface area contributed by atoms with E-state index in [1.165, 1.54) is 12.1 Å². The van der Waals surface area contributed by atoms with Gasteiger partial charge < -0.3 is 26.2 Å². The van der Waals surface area contributed by atoms with Gasteiger partial charge in [0.25, 0.3) is 5.24 Å². The molecule has 25 heavy (non-hydrogen) atoms. The van der Waals surface area contributed by atoms with Gasteiger partial charge in [-0.25, -0.2) is 0 Å². The van der Waals surface area contributed by atoms with Gasteiger partial charge >= 0.3 is 5.97 Å². The van der Waals surface area contributed by atoms with Gasteiger partial charge in [-0.2, -0.15) is 0 Å². The molecule has 140 valence electrons. The average molecular weight is 369 g/mol. The van der Waals surface area contributed by atoms with Gasteiger partial charge in [0.2, 0.25) is 0 Å². The van der Waals surface area contributed by atoms with E-state index >= 15 is 0 Å². The second-order valence-electron chi connectivity index (χ2n) is 5.94. The Morgan fingerprint density at radius 1 is 1.36 bits per heavy atom. The summed E-state index contributed by atoms with van der Waals surface area (Å²) in [4.78, 5) is 23.7. The number of aliphatic carboxylic acids is 1. The zero-order valence-corrected chi connectivity index (χ0v) is 15.5. The van der Waals surface area contributed by atoms with Gasteiger partial charge in [-0.15, -0.1) is 10.5 Å². The highest BCUT2D eigenvalue weighted by atomic mass is 32.2. The largest absolute Gasteiger partial charge is 0.508 e. The summed E-state index contributed by atoms with van der Waals surface area (Å²) in [6.45, 7) is 1.84. The minimum Gasteiger partial charge on any atom is -0.508 e. The molecule has 2 rings (SSSR count). The van der Waals surface area contributed by atoms with Crippen LogP contribution in [0.25, 0.3) is 0 Å². The smallest absolute Gasteiger partial charge is 0.320 e. The number of carbonyl (C=O) groups excluding carboxylic acids is 1. The van der Waals surface area contributed by atoms with Crippen LogP contribution < -0.4 is 11.1 Å². The number of amides is 1. The number of aromatic hydroxyl groups is 1. The molecule has 2 atom stereocenters. The number of nitrogens with zero attached hydrogens (tertiary/aromatic N) is 1. The van der Waals surface area contributed by atoms with Crippen LogP contribution in [-0.2, 0) is 11.2 Å². The van der Waals surface area contributed by atoms with Crippen molar-refractivity contribution in [2.75, 3.05) is 32.9 Å². The van der Waals surface area contributed by atoms with Crippen molar-refractivity contribution < 1.29 is 19.8 Å². The van der Waals surface area contributed by atoms with E-state index in [2.05, 4.69) is 29.7 Å². The molecule has 0 aliphatic carbocycles. The number of carboxylic acids is 1. The number of hydrogen-bond donors (Lipinski definition) is 4. The molecule has 1 aliphatic rings. The van der Waals surface area contributed by atoms with Gasteiger partial charge in [0.15, 0.2) is 0 Å². The van der Waals surface area contributed by atoms with Crippen molar-refractivity contribution in [1.82, 2.24) is 10.2 Å². The molecule has 0 radical (unpaired) electrons. The molecular formula is C17H27N3O4S. The zero-order valence-electron chi connectivity index (χ0n) is 14.6. The molecule has 5 N–H and O–H groups in total. The Morgan fingerprint density at radius 2 is 2.00 bits per heavy atom. The second kappa shape index (κ2) is 10.9. The summed E-state index contributed by atoms with van der Waals surface area (Å²) in [5.74, 6) is 0.157. The van der Waals surface area contributed by atoms with E-state index in [0.29, 0.717) is 0 Å². The molecule has 1 unspecified atom stereocenters. The number of nitrogens with one attached hydrogen (secondary N) is 1. The Hall–Kier alpha value is -1.90. The van der Waals surface area contributed by atoms with Crippen LogP contribution in [0.15, 0.2) is 24.3 Å². The molecule has 1 aliphatic heterocycles. The maximum atomic E-state index is 11.1. The lowest BCUT2D eigenvalue weighted by Crippen LogP contribution is -2.32. The molecule has 0 saturated carbocycles. The van der Waals surface area contributed by atoms with Crippen molar-refractivity contribution in [3.63, 3.8) is 0 Å². The number of rotatable bonds is 7. The monoisotopic (exact) mass is 369 g/mol. The van der Waals surface area contributed by atoms with Gasteiger partial charge in [0.1, 0.15) is 11.8 Å². The van der Waals surface area contributed by atoms with Crippen molar-refractivity contribution in [1.29, 1.82) is 0 Å². The minimum atomic E-state index is -1.02. The van der Waals surface area contributed by atoms with Gasteiger partial charge in [0, 0.05) is 6.54 Å². The molecule has 0 saturated heterocycles. The van der Waals surface area contributed by atoms with Crippen LogP contribution in [0.3, 0.4) is 0 Å². The van der Waals surface area contributed by atoms with Crippen molar-refractivity contribution in [3.8, 4) is 5.75 Å². The molecule has 0 bridgehead atoms. The molecule has 1 aromatic carbocycles. The van der Waals surface area contributed by atoms with E-state index in [-0.39, 0.29) is 27.9 Å². The molecule has 1 aromatic rings. The predicted molar refractivity (Wildman–Crippen MR) is 103 cm³/mol. The van der Waals surface area contributed by atoms with Gasteiger partial charge in [0.05, 0.1) is 0 Å². The van der Waals surface area contributed by atoms with Crippen LogP contribution >= 0.6 is 10.5 Å². The van der Waals surface area contributed by atoms with Gasteiger partial charge in [-0.3, -0.25) is 9.59 Å². The van der Waals surface area contributed by atoms with E-state index in [1.807, 2.05) is 0 Å². The molecule has 8 heteroatoms. The highest BCUT2D eigenvalue weighted by Crippen LogP contribution is 2.17. The first-order valence-corrected chi connectivity index (χ1v) is 9.47. The lowest BCUT2D eigenvalue weighted by Gasteiger charge is -2.08. The number of phenolic OH excluding ortho intramolecular Hbond substituents is 1. The number of carbonyl (C=O) groups is 2. The zero-order chi connectivity index (χ0) is 18.8. The highest BCUT2D eigenvalue weighted by Gasteiger charge is 2.12. The molecular weight excluding hydrogens is 342 g/mol. The van der Waals surface area contributed by atoms with Crippen molar-refractivity contribution in [2.24, 2.45) is 5.73 Å². The third-order valence-electron chi connectivity index (χ3n) is 3.45. The van der Waals surface area contributed by atoms with E-state index in [1.54, 1.807) is 12.1 Å². The highest BCUT2D eigenvalue weighted by molar-refractivity contribution is 8.28. The Balaban J connectivity index is 0.000000251. The van der Waals surface area contributed by atoms with Crippen LogP contribution in [0, 0.1) is 0 Å². The predicted octanol–water partition coefficient (Wildman–Crippen LogP) is 1.08. The lowest BCUT2D eigenvalue weighted by molar-refractivity contribution is -0.138.